The standard InChI is InChI=1S/C22H14BrN3O3S/c1-12-11-30-22-25-18(10-26(12)22)13-3-2-4-16(8-13)24-20(27)17-9-14-7-15(23)5-6-19(14)29-21(17)28/h2-11H,1H3,(H,24,27). The second-order valence-electron chi connectivity index (χ2n) is 6.82. The summed E-state index contributed by atoms with van der Waals surface area (Å²) in [5.41, 5.74) is 3.07. The summed E-state index contributed by atoms with van der Waals surface area (Å²) >= 11 is 4.96. The molecule has 0 fully saturated rings. The van der Waals surface area contributed by atoms with Gasteiger partial charge in [-0.1, -0.05) is 28.1 Å². The number of halogens is 1. The number of nitrogens with zero attached hydrogens (tertiary/aromatic N) is 2. The van der Waals surface area contributed by atoms with Crippen LogP contribution in [0, 0.1) is 6.92 Å². The average Bonchev–Trinajstić information content (AvgIpc) is 3.30. The summed E-state index contributed by atoms with van der Waals surface area (Å²) in [4.78, 5) is 30.6. The first-order valence-corrected chi connectivity index (χ1v) is 10.7. The Morgan fingerprint density at radius 1 is 1.20 bits per heavy atom. The number of hydrogen-bond acceptors (Lipinski definition) is 5. The predicted octanol–water partition coefficient (Wildman–Crippen LogP) is 5.49. The molecule has 5 aromatic rings. The van der Waals surface area contributed by atoms with Crippen LogP contribution in [0.1, 0.15) is 16.1 Å². The zero-order valence-electron chi connectivity index (χ0n) is 15.7. The highest BCUT2D eigenvalue weighted by atomic mass is 79.9. The molecule has 0 aliphatic carbocycles. The van der Waals surface area contributed by atoms with Crippen LogP contribution >= 0.6 is 27.3 Å². The van der Waals surface area contributed by atoms with E-state index < -0.39 is 11.5 Å². The van der Waals surface area contributed by atoms with E-state index in [1.807, 2.05) is 35.7 Å². The highest BCUT2D eigenvalue weighted by molar-refractivity contribution is 9.10. The predicted molar refractivity (Wildman–Crippen MR) is 121 cm³/mol. The van der Waals surface area contributed by atoms with E-state index in [-0.39, 0.29) is 5.56 Å². The number of carbonyl (C=O) groups excluding carboxylic acids is 1. The summed E-state index contributed by atoms with van der Waals surface area (Å²) in [6, 6.07) is 14.2. The van der Waals surface area contributed by atoms with Crippen molar-refractivity contribution in [3.05, 3.63) is 86.3 Å². The quantitative estimate of drug-likeness (QED) is 0.347. The summed E-state index contributed by atoms with van der Waals surface area (Å²) in [6.45, 7) is 2.03. The summed E-state index contributed by atoms with van der Waals surface area (Å²) in [6.07, 6.45) is 1.97. The van der Waals surface area contributed by atoms with Gasteiger partial charge in [-0.25, -0.2) is 9.78 Å². The van der Waals surface area contributed by atoms with Gasteiger partial charge in [-0.3, -0.25) is 9.20 Å². The number of imidazole rings is 1. The molecule has 0 bridgehead atoms. The Morgan fingerprint density at radius 3 is 2.90 bits per heavy atom. The lowest BCUT2D eigenvalue weighted by atomic mass is 10.1. The van der Waals surface area contributed by atoms with Gasteiger partial charge in [-0.2, -0.15) is 0 Å². The molecule has 6 nitrogen and oxygen atoms in total. The number of aromatic nitrogens is 2. The Hall–Kier alpha value is -3.23. The van der Waals surface area contributed by atoms with E-state index in [0.717, 1.165) is 26.4 Å². The van der Waals surface area contributed by atoms with E-state index in [1.165, 1.54) is 6.07 Å². The Morgan fingerprint density at radius 2 is 2.07 bits per heavy atom. The van der Waals surface area contributed by atoms with Gasteiger partial charge in [0.05, 0.1) is 5.69 Å². The normalized spacial score (nSPS) is 11.3. The zero-order chi connectivity index (χ0) is 20.8. The number of anilines is 1. The van der Waals surface area contributed by atoms with Crippen LogP contribution in [-0.4, -0.2) is 15.3 Å². The number of aryl methyl sites for hydroxylation is 1. The Balaban J connectivity index is 1.46. The zero-order valence-corrected chi connectivity index (χ0v) is 18.1. The maximum atomic E-state index is 12.8. The molecule has 1 N–H and O–H groups in total. The molecule has 0 saturated heterocycles. The number of benzene rings is 2. The number of thiazole rings is 1. The monoisotopic (exact) mass is 479 g/mol. The van der Waals surface area contributed by atoms with Gasteiger partial charge in [0, 0.05) is 38.4 Å². The maximum absolute atomic E-state index is 12.8. The van der Waals surface area contributed by atoms with Crippen LogP contribution in [0.3, 0.4) is 0 Å². The number of carbonyl (C=O) groups is 1. The smallest absolute Gasteiger partial charge is 0.349 e. The molecule has 3 heterocycles. The highest BCUT2D eigenvalue weighted by Crippen LogP contribution is 2.26. The number of rotatable bonds is 3. The van der Waals surface area contributed by atoms with Crippen molar-refractivity contribution in [1.82, 2.24) is 9.38 Å². The Kier molecular flexibility index (Phi) is 4.52. The molecular formula is C22H14BrN3O3S. The van der Waals surface area contributed by atoms with Gasteiger partial charge in [0.15, 0.2) is 4.96 Å². The van der Waals surface area contributed by atoms with Crippen molar-refractivity contribution in [2.75, 3.05) is 5.32 Å². The fraction of sp³-hybridized carbons (Fsp3) is 0.0455. The molecule has 0 unspecified atom stereocenters. The summed E-state index contributed by atoms with van der Waals surface area (Å²) in [7, 11) is 0. The van der Waals surface area contributed by atoms with Crippen molar-refractivity contribution in [1.29, 1.82) is 0 Å². The molecule has 2 aromatic carbocycles. The van der Waals surface area contributed by atoms with Gasteiger partial charge in [-0.05, 0) is 43.3 Å². The van der Waals surface area contributed by atoms with Crippen LogP contribution in [0.25, 0.3) is 27.2 Å². The van der Waals surface area contributed by atoms with E-state index >= 15 is 0 Å². The minimum absolute atomic E-state index is 0.0517. The molecule has 148 valence electrons. The molecule has 8 heteroatoms. The SMILES string of the molecule is Cc1csc2nc(-c3cccc(NC(=O)c4cc5cc(Br)ccc5oc4=O)c3)cn12. The third-order valence-electron chi connectivity index (χ3n) is 4.74. The molecule has 0 saturated carbocycles. The molecule has 0 aliphatic heterocycles. The maximum Gasteiger partial charge on any atom is 0.349 e. The summed E-state index contributed by atoms with van der Waals surface area (Å²) in [5.74, 6) is -0.524. The minimum atomic E-state index is -0.678. The van der Waals surface area contributed by atoms with E-state index in [0.29, 0.717) is 16.7 Å². The lowest BCUT2D eigenvalue weighted by Crippen LogP contribution is -2.20. The van der Waals surface area contributed by atoms with Crippen molar-refractivity contribution in [2.45, 2.75) is 6.92 Å². The average molecular weight is 480 g/mol. The molecule has 0 spiro atoms. The van der Waals surface area contributed by atoms with Crippen LogP contribution in [0.15, 0.2) is 73.8 Å². The van der Waals surface area contributed by atoms with Crippen molar-refractivity contribution in [2.24, 2.45) is 0 Å². The number of fused-ring (bicyclic) bond motifs is 2. The topological polar surface area (TPSA) is 76.6 Å². The molecule has 1 amide bonds. The van der Waals surface area contributed by atoms with Crippen molar-refractivity contribution in [3.63, 3.8) is 0 Å². The van der Waals surface area contributed by atoms with E-state index in [9.17, 15) is 9.59 Å². The first-order valence-electron chi connectivity index (χ1n) is 9.06. The fourth-order valence-electron chi connectivity index (χ4n) is 3.24. The first kappa shape index (κ1) is 18.8. The number of hydrogen-bond donors (Lipinski definition) is 1. The summed E-state index contributed by atoms with van der Waals surface area (Å²) in [5, 5.41) is 5.50. The number of nitrogens with one attached hydrogen (secondary N) is 1. The molecular weight excluding hydrogens is 466 g/mol. The molecule has 0 radical (unpaired) electrons. The van der Waals surface area contributed by atoms with Crippen LogP contribution in [-0.2, 0) is 0 Å². The third kappa shape index (κ3) is 3.34. The summed E-state index contributed by atoms with van der Waals surface area (Å²) < 4.78 is 8.15. The van der Waals surface area contributed by atoms with E-state index in [4.69, 9.17) is 4.42 Å². The number of amides is 1. The van der Waals surface area contributed by atoms with Gasteiger partial charge in [0.1, 0.15) is 11.1 Å². The van der Waals surface area contributed by atoms with E-state index in [1.54, 1.807) is 35.6 Å². The first-order chi connectivity index (χ1) is 14.5. The third-order valence-corrected chi connectivity index (χ3v) is 6.19. The van der Waals surface area contributed by atoms with Crippen LogP contribution < -0.4 is 10.9 Å². The molecule has 5 rings (SSSR count). The van der Waals surface area contributed by atoms with Crippen molar-refractivity contribution < 1.29 is 9.21 Å². The molecule has 0 aliphatic rings. The second-order valence-corrected chi connectivity index (χ2v) is 8.57. The molecule has 30 heavy (non-hydrogen) atoms. The lowest BCUT2D eigenvalue weighted by Gasteiger charge is -2.07. The minimum Gasteiger partial charge on any atom is -0.422 e. The molecule has 3 aromatic heterocycles. The van der Waals surface area contributed by atoms with Gasteiger partial charge in [0.2, 0.25) is 0 Å². The van der Waals surface area contributed by atoms with Gasteiger partial charge in [-0.15, -0.1) is 11.3 Å². The molecule has 0 atom stereocenters. The fourth-order valence-corrected chi connectivity index (χ4v) is 4.47. The largest absolute Gasteiger partial charge is 0.422 e. The van der Waals surface area contributed by atoms with Gasteiger partial charge >= 0.3 is 5.63 Å². The highest BCUT2D eigenvalue weighted by Gasteiger charge is 2.15. The van der Waals surface area contributed by atoms with Gasteiger partial charge in [0.25, 0.3) is 5.91 Å². The lowest BCUT2D eigenvalue weighted by molar-refractivity contribution is 0.102. The van der Waals surface area contributed by atoms with Crippen LogP contribution in [0.5, 0.6) is 0 Å². The van der Waals surface area contributed by atoms with Crippen LogP contribution in [0.2, 0.25) is 0 Å². The van der Waals surface area contributed by atoms with E-state index in [2.05, 4.69) is 31.6 Å². The second kappa shape index (κ2) is 7.23. The van der Waals surface area contributed by atoms with Gasteiger partial charge < -0.3 is 9.73 Å². The Bertz CT molecular complexity index is 1500. The Labute approximate surface area is 182 Å². The van der Waals surface area contributed by atoms with Crippen molar-refractivity contribution in [3.8, 4) is 11.3 Å². The van der Waals surface area contributed by atoms with Crippen molar-refractivity contribution >= 4 is 54.8 Å². The van der Waals surface area contributed by atoms with Crippen LogP contribution in [0.4, 0.5) is 5.69 Å².